The van der Waals surface area contributed by atoms with Gasteiger partial charge in [0.25, 0.3) is 5.91 Å². The molecule has 2 N–H and O–H groups in total. The largest absolute Gasteiger partial charge is 0.416 e. The number of benzene rings is 1. The van der Waals surface area contributed by atoms with Gasteiger partial charge >= 0.3 is 6.18 Å². The van der Waals surface area contributed by atoms with Crippen LogP contribution in [0.3, 0.4) is 0 Å². The summed E-state index contributed by atoms with van der Waals surface area (Å²) in [5, 5.41) is 12.6. The third-order valence-electron chi connectivity index (χ3n) is 4.12. The van der Waals surface area contributed by atoms with Gasteiger partial charge in [0.05, 0.1) is 11.7 Å². The summed E-state index contributed by atoms with van der Waals surface area (Å²) in [6, 6.07) is 4.28. The third-order valence-corrected chi connectivity index (χ3v) is 4.12. The van der Waals surface area contributed by atoms with Gasteiger partial charge in [-0.3, -0.25) is 4.79 Å². The molecule has 0 aliphatic heterocycles. The number of carbonyl (C=O) groups excluding carboxylic acids is 1. The number of carbonyl (C=O) groups is 1. The summed E-state index contributed by atoms with van der Waals surface area (Å²) in [6.07, 6.45) is 0.0564. The van der Waals surface area contributed by atoms with Gasteiger partial charge in [-0.15, -0.1) is 0 Å². The fraction of sp³-hybridized carbons (Fsp3) is 0.562. The minimum Gasteiger partial charge on any atom is -0.391 e. The Morgan fingerprint density at radius 2 is 1.95 bits per heavy atom. The molecule has 3 nitrogen and oxygen atoms in total. The van der Waals surface area contributed by atoms with E-state index in [9.17, 15) is 23.1 Å². The van der Waals surface area contributed by atoms with E-state index in [1.165, 1.54) is 18.6 Å². The third kappa shape index (κ3) is 4.47. The molecule has 0 radical (unpaired) electrons. The summed E-state index contributed by atoms with van der Waals surface area (Å²) in [5.41, 5.74) is -0.904. The molecule has 0 spiro atoms. The van der Waals surface area contributed by atoms with Crippen LogP contribution in [0.4, 0.5) is 13.2 Å². The van der Waals surface area contributed by atoms with Crippen molar-refractivity contribution in [2.45, 2.75) is 44.4 Å². The summed E-state index contributed by atoms with van der Waals surface area (Å²) in [4.78, 5) is 11.9. The van der Waals surface area contributed by atoms with Crippen LogP contribution < -0.4 is 5.32 Å². The van der Waals surface area contributed by atoms with Gasteiger partial charge in [-0.2, -0.15) is 13.2 Å². The number of rotatable bonds is 4. The van der Waals surface area contributed by atoms with Crippen molar-refractivity contribution in [1.29, 1.82) is 0 Å². The lowest BCUT2D eigenvalue weighted by Gasteiger charge is -2.26. The fourth-order valence-electron chi connectivity index (χ4n) is 2.82. The number of hydrogen-bond donors (Lipinski definition) is 2. The number of nitrogens with one attached hydrogen (secondary N) is 1. The molecule has 0 unspecified atom stereocenters. The lowest BCUT2D eigenvalue weighted by Crippen LogP contribution is -2.37. The second-order valence-electron chi connectivity index (χ2n) is 5.75. The molecule has 0 saturated heterocycles. The van der Waals surface area contributed by atoms with Crippen LogP contribution >= 0.6 is 0 Å². The molecule has 6 heteroatoms. The molecule has 2 rings (SSSR count). The molecular weight excluding hydrogens is 295 g/mol. The zero-order valence-electron chi connectivity index (χ0n) is 12.2. The van der Waals surface area contributed by atoms with E-state index in [2.05, 4.69) is 5.32 Å². The first-order valence-electron chi connectivity index (χ1n) is 7.51. The maximum atomic E-state index is 12.6. The van der Waals surface area contributed by atoms with Crippen molar-refractivity contribution < 1.29 is 23.1 Å². The first kappa shape index (κ1) is 16.8. The van der Waals surface area contributed by atoms with Crippen molar-refractivity contribution in [2.75, 3.05) is 6.54 Å². The monoisotopic (exact) mass is 315 g/mol. The van der Waals surface area contributed by atoms with Crippen LogP contribution in [0.2, 0.25) is 0 Å². The van der Waals surface area contributed by atoms with Crippen LogP contribution in [-0.2, 0) is 6.18 Å². The Bertz CT molecular complexity index is 510. The average Bonchev–Trinajstić information content (AvgIpc) is 2.52. The lowest BCUT2D eigenvalue weighted by molar-refractivity contribution is -0.137. The Labute approximate surface area is 127 Å². The van der Waals surface area contributed by atoms with E-state index in [1.54, 1.807) is 0 Å². The number of amides is 1. The Morgan fingerprint density at radius 3 is 2.59 bits per heavy atom. The molecule has 0 aromatic heterocycles. The van der Waals surface area contributed by atoms with Gasteiger partial charge in [0.1, 0.15) is 0 Å². The molecule has 1 fully saturated rings. The smallest absolute Gasteiger partial charge is 0.391 e. The first-order chi connectivity index (χ1) is 10.4. The summed E-state index contributed by atoms with van der Waals surface area (Å²) in [6.45, 7) is 0.0692. The van der Waals surface area contributed by atoms with Gasteiger partial charge in [-0.05, 0) is 37.0 Å². The molecule has 122 valence electrons. The van der Waals surface area contributed by atoms with E-state index in [4.69, 9.17) is 0 Å². The van der Waals surface area contributed by atoms with Gasteiger partial charge in [0.2, 0.25) is 0 Å². The Hall–Kier alpha value is -1.56. The van der Waals surface area contributed by atoms with Crippen LogP contribution in [-0.4, -0.2) is 23.7 Å². The molecule has 1 atom stereocenters. The highest BCUT2D eigenvalue weighted by molar-refractivity contribution is 5.94. The molecule has 1 saturated carbocycles. The minimum absolute atomic E-state index is 0.0503. The van der Waals surface area contributed by atoms with E-state index in [0.29, 0.717) is 0 Å². The van der Waals surface area contributed by atoms with E-state index in [0.717, 1.165) is 37.8 Å². The Morgan fingerprint density at radius 1 is 1.27 bits per heavy atom. The van der Waals surface area contributed by atoms with Crippen LogP contribution in [0.25, 0.3) is 0 Å². The summed E-state index contributed by atoms with van der Waals surface area (Å²) >= 11 is 0. The zero-order chi connectivity index (χ0) is 16.2. The van der Waals surface area contributed by atoms with E-state index < -0.39 is 23.8 Å². The molecule has 0 heterocycles. The van der Waals surface area contributed by atoms with Crippen LogP contribution in [0.1, 0.15) is 48.0 Å². The fourth-order valence-corrected chi connectivity index (χ4v) is 2.82. The van der Waals surface area contributed by atoms with Gasteiger partial charge in [-0.1, -0.05) is 25.3 Å². The highest BCUT2D eigenvalue weighted by Crippen LogP contribution is 2.29. The standard InChI is InChI=1S/C16H20F3NO2/c17-16(18,19)13-8-4-7-12(9-13)15(22)20-10-14(21)11-5-2-1-3-6-11/h4,7-9,11,14,21H,1-3,5-6,10H2,(H,20,22)/t14-/m0/s1. The van der Waals surface area contributed by atoms with Crippen molar-refractivity contribution >= 4 is 5.91 Å². The second kappa shape index (κ2) is 7.13. The van der Waals surface area contributed by atoms with Crippen LogP contribution in [0, 0.1) is 5.92 Å². The molecule has 1 aliphatic carbocycles. The second-order valence-corrected chi connectivity index (χ2v) is 5.75. The minimum atomic E-state index is -4.47. The van der Waals surface area contributed by atoms with E-state index in [-0.39, 0.29) is 18.0 Å². The zero-order valence-corrected chi connectivity index (χ0v) is 12.2. The molecular formula is C16H20F3NO2. The topological polar surface area (TPSA) is 49.3 Å². The van der Waals surface area contributed by atoms with Crippen LogP contribution in [0.5, 0.6) is 0 Å². The van der Waals surface area contributed by atoms with Crippen molar-refractivity contribution in [2.24, 2.45) is 5.92 Å². The van der Waals surface area contributed by atoms with Gasteiger partial charge in [0, 0.05) is 12.1 Å². The van der Waals surface area contributed by atoms with Crippen LogP contribution in [0.15, 0.2) is 24.3 Å². The Balaban J connectivity index is 1.92. The number of aliphatic hydroxyl groups is 1. The molecule has 0 bridgehead atoms. The van der Waals surface area contributed by atoms with Crippen molar-refractivity contribution in [3.8, 4) is 0 Å². The number of halogens is 3. The normalized spacial score (nSPS) is 18.0. The van der Waals surface area contributed by atoms with Crippen molar-refractivity contribution in [3.05, 3.63) is 35.4 Å². The lowest BCUT2D eigenvalue weighted by atomic mass is 9.85. The van der Waals surface area contributed by atoms with Crippen molar-refractivity contribution in [1.82, 2.24) is 5.32 Å². The summed E-state index contributed by atoms with van der Waals surface area (Å²) in [7, 11) is 0. The number of hydrogen-bond acceptors (Lipinski definition) is 2. The maximum Gasteiger partial charge on any atom is 0.416 e. The Kier molecular flexibility index (Phi) is 5.45. The predicted octanol–water partition coefficient (Wildman–Crippen LogP) is 3.38. The molecule has 1 amide bonds. The maximum absolute atomic E-state index is 12.6. The highest BCUT2D eigenvalue weighted by atomic mass is 19.4. The summed E-state index contributed by atoms with van der Waals surface area (Å²) < 4.78 is 37.8. The first-order valence-corrected chi connectivity index (χ1v) is 7.51. The van der Waals surface area contributed by atoms with Gasteiger partial charge < -0.3 is 10.4 Å². The number of alkyl halides is 3. The molecule has 1 aromatic carbocycles. The van der Waals surface area contributed by atoms with Gasteiger partial charge in [0.15, 0.2) is 0 Å². The highest BCUT2D eigenvalue weighted by Gasteiger charge is 2.31. The SMILES string of the molecule is O=C(NC[C@H](O)C1CCCCC1)c1cccc(C(F)(F)F)c1. The predicted molar refractivity (Wildman–Crippen MR) is 76.4 cm³/mol. The van der Waals surface area contributed by atoms with E-state index in [1.807, 2.05) is 0 Å². The van der Waals surface area contributed by atoms with Crippen molar-refractivity contribution in [3.63, 3.8) is 0 Å². The van der Waals surface area contributed by atoms with E-state index >= 15 is 0 Å². The average molecular weight is 315 g/mol. The quantitative estimate of drug-likeness (QED) is 0.895. The number of aliphatic hydroxyl groups excluding tert-OH is 1. The summed E-state index contributed by atoms with van der Waals surface area (Å²) in [5.74, 6) is -0.434. The van der Waals surface area contributed by atoms with Gasteiger partial charge in [-0.25, -0.2) is 0 Å². The molecule has 1 aliphatic rings. The molecule has 22 heavy (non-hydrogen) atoms. The molecule has 1 aromatic rings.